The van der Waals surface area contributed by atoms with Gasteiger partial charge in [-0.1, -0.05) is 42.1 Å². The van der Waals surface area contributed by atoms with E-state index in [1.807, 2.05) is 42.4 Å². The molecule has 5 nitrogen and oxygen atoms in total. The molecule has 4 rings (SSSR count). The van der Waals surface area contributed by atoms with Gasteiger partial charge in [0.2, 0.25) is 0 Å². The summed E-state index contributed by atoms with van der Waals surface area (Å²) in [6.07, 6.45) is 3.83. The van der Waals surface area contributed by atoms with Crippen molar-refractivity contribution in [2.75, 3.05) is 38.6 Å². The van der Waals surface area contributed by atoms with Gasteiger partial charge in [-0.2, -0.15) is 0 Å². The normalized spacial score (nSPS) is 14.9. The highest BCUT2D eigenvalue weighted by Gasteiger charge is 2.12. The maximum atomic E-state index is 5.42. The van der Waals surface area contributed by atoms with Crippen LogP contribution in [0.5, 0.6) is 0 Å². The van der Waals surface area contributed by atoms with Crippen LogP contribution in [0.2, 0.25) is 0 Å². The fraction of sp³-hybridized carbons (Fsp3) is 0.364. The van der Waals surface area contributed by atoms with Gasteiger partial charge in [-0.3, -0.25) is 9.88 Å². The molecule has 1 aromatic carbocycles. The van der Waals surface area contributed by atoms with Crippen LogP contribution in [0.15, 0.2) is 58.8 Å². The Morgan fingerprint density at radius 2 is 1.90 bits per heavy atom. The minimum absolute atomic E-state index is 0.811. The predicted molar refractivity (Wildman–Crippen MR) is 121 cm³/mol. The van der Waals surface area contributed by atoms with E-state index in [0.29, 0.717) is 0 Å². The number of aromatic amines is 1. The maximum Gasteiger partial charge on any atom is 0.166 e. The lowest BCUT2D eigenvalue weighted by atomic mass is 10.2. The summed E-state index contributed by atoms with van der Waals surface area (Å²) in [6, 6.07) is 12.4. The van der Waals surface area contributed by atoms with Gasteiger partial charge in [-0.25, -0.2) is 4.98 Å². The molecule has 2 aromatic heterocycles. The second-order valence-corrected chi connectivity index (χ2v) is 9.04. The molecule has 1 saturated heterocycles. The Kier molecular flexibility index (Phi) is 7.27. The van der Waals surface area contributed by atoms with Crippen molar-refractivity contribution in [2.24, 2.45) is 0 Å². The molecule has 1 aliphatic heterocycles. The predicted octanol–water partition coefficient (Wildman–Crippen LogP) is 4.50. The number of morpholine rings is 1. The van der Waals surface area contributed by atoms with Crippen molar-refractivity contribution in [2.45, 2.75) is 22.7 Å². The average molecular weight is 427 g/mol. The van der Waals surface area contributed by atoms with Crippen molar-refractivity contribution in [3.8, 4) is 11.3 Å². The first-order valence-electron chi connectivity index (χ1n) is 9.90. The highest BCUT2D eigenvalue weighted by atomic mass is 32.2. The minimum Gasteiger partial charge on any atom is -0.379 e. The van der Waals surface area contributed by atoms with Crippen LogP contribution < -0.4 is 0 Å². The van der Waals surface area contributed by atoms with E-state index in [2.05, 4.69) is 45.0 Å². The summed E-state index contributed by atoms with van der Waals surface area (Å²) >= 11 is 3.62. The van der Waals surface area contributed by atoms with Crippen molar-refractivity contribution in [3.05, 3.63) is 60.0 Å². The van der Waals surface area contributed by atoms with Crippen molar-refractivity contribution < 1.29 is 4.74 Å². The van der Waals surface area contributed by atoms with Crippen LogP contribution in [0.4, 0.5) is 0 Å². The van der Waals surface area contributed by atoms with Gasteiger partial charge >= 0.3 is 0 Å². The Bertz CT molecular complexity index is 910. The van der Waals surface area contributed by atoms with Crippen LogP contribution >= 0.6 is 23.5 Å². The van der Waals surface area contributed by atoms with Gasteiger partial charge in [0.25, 0.3) is 0 Å². The first-order valence-corrected chi connectivity index (χ1v) is 11.9. The van der Waals surface area contributed by atoms with Crippen molar-refractivity contribution in [3.63, 3.8) is 0 Å². The van der Waals surface area contributed by atoms with Crippen molar-refractivity contribution >= 4 is 23.5 Å². The molecule has 3 heterocycles. The maximum absolute atomic E-state index is 5.42. The lowest BCUT2D eigenvalue weighted by Gasteiger charge is -2.26. The molecule has 0 bridgehead atoms. The molecule has 0 atom stereocenters. The third-order valence-electron chi connectivity index (χ3n) is 5.01. The number of pyridine rings is 1. The number of hydrogen-bond donors (Lipinski definition) is 1. The van der Waals surface area contributed by atoms with E-state index in [9.17, 15) is 0 Å². The molecule has 0 saturated carbocycles. The SMILES string of the molecule is Cc1c(SCCN2CCOCC2)ccnc1CSc1ncc(-c2ccccc2)[nH]1. The molecule has 1 fully saturated rings. The number of hydrogen-bond acceptors (Lipinski definition) is 6. The molecule has 3 aromatic rings. The highest BCUT2D eigenvalue weighted by molar-refractivity contribution is 7.99. The molecule has 29 heavy (non-hydrogen) atoms. The average Bonchev–Trinajstić information content (AvgIpc) is 3.25. The molecule has 0 amide bonds. The number of H-pyrrole nitrogens is 1. The fourth-order valence-corrected chi connectivity index (χ4v) is 5.18. The summed E-state index contributed by atoms with van der Waals surface area (Å²) in [5.74, 6) is 1.90. The zero-order valence-corrected chi connectivity index (χ0v) is 18.3. The van der Waals surface area contributed by atoms with Crippen LogP contribution in [0.3, 0.4) is 0 Å². The summed E-state index contributed by atoms with van der Waals surface area (Å²) in [5, 5.41) is 0.926. The topological polar surface area (TPSA) is 54.0 Å². The van der Waals surface area contributed by atoms with E-state index in [1.165, 1.54) is 10.5 Å². The number of aromatic nitrogens is 3. The third-order valence-corrected chi connectivity index (χ3v) is 7.05. The van der Waals surface area contributed by atoms with Gasteiger partial charge in [0, 0.05) is 42.2 Å². The third kappa shape index (κ3) is 5.63. The highest BCUT2D eigenvalue weighted by Crippen LogP contribution is 2.28. The Labute approximate surface area is 180 Å². The van der Waals surface area contributed by atoms with Crippen LogP contribution in [0.1, 0.15) is 11.3 Å². The molecule has 7 heteroatoms. The van der Waals surface area contributed by atoms with Gasteiger partial charge in [-0.15, -0.1) is 11.8 Å². The molecule has 0 aliphatic carbocycles. The first-order chi connectivity index (χ1) is 14.3. The van der Waals surface area contributed by atoms with Crippen LogP contribution in [0.25, 0.3) is 11.3 Å². The molecule has 0 spiro atoms. The standard InChI is InChI=1S/C22H26N4OS2/c1-17-20(16-29-22-24-15-19(25-22)18-5-3-2-4-6-18)23-8-7-21(17)28-14-11-26-9-12-27-13-10-26/h2-8,15H,9-14,16H2,1H3,(H,24,25). The number of benzene rings is 1. The largest absolute Gasteiger partial charge is 0.379 e. The molecular formula is C22H26N4OS2. The summed E-state index contributed by atoms with van der Waals surface area (Å²) in [7, 11) is 0. The Morgan fingerprint density at radius 3 is 2.72 bits per heavy atom. The number of ether oxygens (including phenoxy) is 1. The van der Waals surface area contributed by atoms with E-state index >= 15 is 0 Å². The van der Waals surface area contributed by atoms with Crippen LogP contribution in [-0.4, -0.2) is 58.5 Å². The van der Waals surface area contributed by atoms with Crippen LogP contribution in [0, 0.1) is 6.92 Å². The van der Waals surface area contributed by atoms with Gasteiger partial charge < -0.3 is 9.72 Å². The van der Waals surface area contributed by atoms with E-state index in [-0.39, 0.29) is 0 Å². The number of nitrogens with zero attached hydrogens (tertiary/aromatic N) is 3. The molecule has 152 valence electrons. The molecular weight excluding hydrogens is 400 g/mol. The lowest BCUT2D eigenvalue weighted by molar-refractivity contribution is 0.0410. The van der Waals surface area contributed by atoms with Gasteiger partial charge in [-0.05, 0) is 24.1 Å². The van der Waals surface area contributed by atoms with Gasteiger partial charge in [0.05, 0.1) is 30.8 Å². The van der Waals surface area contributed by atoms with Gasteiger partial charge in [0.1, 0.15) is 0 Å². The van der Waals surface area contributed by atoms with Gasteiger partial charge in [0.15, 0.2) is 5.16 Å². The second kappa shape index (κ2) is 10.3. The van der Waals surface area contributed by atoms with E-state index in [4.69, 9.17) is 4.74 Å². The van der Waals surface area contributed by atoms with Crippen molar-refractivity contribution in [1.82, 2.24) is 19.9 Å². The van der Waals surface area contributed by atoms with E-state index in [1.54, 1.807) is 11.8 Å². The van der Waals surface area contributed by atoms with Crippen LogP contribution in [-0.2, 0) is 10.5 Å². The molecule has 1 N–H and O–H groups in total. The Balaban J connectivity index is 1.32. The smallest absolute Gasteiger partial charge is 0.166 e. The fourth-order valence-electron chi connectivity index (χ4n) is 3.25. The summed E-state index contributed by atoms with van der Waals surface area (Å²) in [6.45, 7) is 7.10. The molecule has 0 unspecified atom stereocenters. The summed E-state index contributed by atoms with van der Waals surface area (Å²) in [4.78, 5) is 16.3. The molecule has 0 radical (unpaired) electrons. The summed E-state index contributed by atoms with van der Waals surface area (Å²) < 4.78 is 5.42. The lowest BCUT2D eigenvalue weighted by Crippen LogP contribution is -2.37. The Morgan fingerprint density at radius 1 is 1.07 bits per heavy atom. The Hall–Kier alpha value is -1.80. The minimum atomic E-state index is 0.811. The number of thioether (sulfide) groups is 2. The second-order valence-electron chi connectivity index (χ2n) is 6.94. The van der Waals surface area contributed by atoms with E-state index in [0.717, 1.165) is 66.5 Å². The number of rotatable bonds is 8. The quantitative estimate of drug-likeness (QED) is 0.536. The summed E-state index contributed by atoms with van der Waals surface area (Å²) in [5.41, 5.74) is 4.61. The monoisotopic (exact) mass is 426 g/mol. The van der Waals surface area contributed by atoms with Crippen molar-refractivity contribution in [1.29, 1.82) is 0 Å². The zero-order valence-electron chi connectivity index (χ0n) is 16.6. The zero-order chi connectivity index (χ0) is 19.9. The van der Waals surface area contributed by atoms with E-state index < -0.39 is 0 Å². The number of imidazole rings is 1. The number of nitrogens with one attached hydrogen (secondary N) is 1. The first kappa shape index (κ1) is 20.5. The molecule has 1 aliphatic rings.